The van der Waals surface area contributed by atoms with Crippen molar-refractivity contribution in [2.45, 2.75) is 12.6 Å². The molecule has 0 fully saturated rings. The van der Waals surface area contributed by atoms with Gasteiger partial charge in [-0.15, -0.1) is 24.0 Å². The van der Waals surface area contributed by atoms with Crippen LogP contribution < -0.4 is 10.6 Å². The van der Waals surface area contributed by atoms with E-state index in [1.54, 1.807) is 14.2 Å². The molecule has 0 aromatic rings. The van der Waals surface area contributed by atoms with E-state index in [1.807, 2.05) is 0 Å². The Hall–Kier alpha value is -0.290. The molecule has 0 saturated carbocycles. The summed E-state index contributed by atoms with van der Waals surface area (Å²) in [7, 11) is 3.21. The van der Waals surface area contributed by atoms with E-state index >= 15 is 0 Å². The molecular formula is C10H21F3IN3O2. The van der Waals surface area contributed by atoms with E-state index in [0.29, 0.717) is 32.1 Å². The van der Waals surface area contributed by atoms with Crippen LogP contribution in [0.3, 0.4) is 0 Å². The highest BCUT2D eigenvalue weighted by atomic mass is 127. The minimum atomic E-state index is -4.26. The molecule has 0 aliphatic rings. The minimum absolute atomic E-state index is 0. The van der Waals surface area contributed by atoms with Gasteiger partial charge in [0.1, 0.15) is 6.61 Å². The van der Waals surface area contributed by atoms with Crippen molar-refractivity contribution in [1.82, 2.24) is 10.6 Å². The number of ether oxygens (including phenoxy) is 2. The maximum absolute atomic E-state index is 11.7. The van der Waals surface area contributed by atoms with Crippen LogP contribution in [0.25, 0.3) is 0 Å². The number of alkyl halides is 3. The minimum Gasteiger partial charge on any atom is -0.383 e. The summed E-state index contributed by atoms with van der Waals surface area (Å²) in [5, 5.41) is 5.93. The third-order valence-corrected chi connectivity index (χ3v) is 1.85. The Morgan fingerprint density at radius 2 is 1.79 bits per heavy atom. The van der Waals surface area contributed by atoms with E-state index in [9.17, 15) is 13.2 Å². The number of rotatable bonds is 8. The van der Waals surface area contributed by atoms with E-state index in [2.05, 4.69) is 20.4 Å². The first-order valence-corrected chi connectivity index (χ1v) is 5.57. The van der Waals surface area contributed by atoms with Gasteiger partial charge in [-0.1, -0.05) is 0 Å². The summed E-state index contributed by atoms with van der Waals surface area (Å²) in [6, 6.07) is 0. The van der Waals surface area contributed by atoms with Crippen molar-refractivity contribution in [2.75, 3.05) is 47.1 Å². The number of halogens is 4. The van der Waals surface area contributed by atoms with Crippen LogP contribution in [-0.2, 0) is 9.47 Å². The van der Waals surface area contributed by atoms with Crippen LogP contribution in [0.5, 0.6) is 0 Å². The molecule has 0 unspecified atom stereocenters. The first kappa shape index (κ1) is 21.0. The molecule has 0 atom stereocenters. The van der Waals surface area contributed by atoms with Crippen molar-refractivity contribution < 1.29 is 22.6 Å². The molecule has 2 N–H and O–H groups in total. The molecule has 0 spiro atoms. The molecular weight excluding hydrogens is 378 g/mol. The van der Waals surface area contributed by atoms with Gasteiger partial charge in [-0.3, -0.25) is 4.99 Å². The number of guanidine groups is 1. The quantitative estimate of drug-likeness (QED) is 0.280. The highest BCUT2D eigenvalue weighted by Crippen LogP contribution is 2.14. The zero-order valence-corrected chi connectivity index (χ0v) is 13.4. The first-order valence-electron chi connectivity index (χ1n) is 5.57. The zero-order chi connectivity index (χ0) is 13.9. The summed E-state index contributed by atoms with van der Waals surface area (Å²) < 4.78 is 44.5. The van der Waals surface area contributed by atoms with Gasteiger partial charge >= 0.3 is 6.18 Å². The summed E-state index contributed by atoms with van der Waals surface area (Å²) in [6.07, 6.45) is -3.79. The van der Waals surface area contributed by atoms with Gasteiger partial charge < -0.3 is 20.1 Å². The Morgan fingerprint density at radius 1 is 1.16 bits per heavy atom. The van der Waals surface area contributed by atoms with Gasteiger partial charge in [0, 0.05) is 33.9 Å². The summed E-state index contributed by atoms with van der Waals surface area (Å²) >= 11 is 0. The molecule has 116 valence electrons. The maximum Gasteiger partial charge on any atom is 0.411 e. The van der Waals surface area contributed by atoms with Crippen LogP contribution in [-0.4, -0.2) is 59.2 Å². The topological polar surface area (TPSA) is 54.9 Å². The van der Waals surface area contributed by atoms with E-state index < -0.39 is 12.8 Å². The lowest BCUT2D eigenvalue weighted by atomic mass is 10.4. The Balaban J connectivity index is 0. The monoisotopic (exact) mass is 399 g/mol. The third-order valence-electron chi connectivity index (χ3n) is 1.85. The average molecular weight is 399 g/mol. The lowest BCUT2D eigenvalue weighted by molar-refractivity contribution is -0.173. The fourth-order valence-electron chi connectivity index (χ4n) is 1.06. The second kappa shape index (κ2) is 12.7. The first-order chi connectivity index (χ1) is 8.49. The highest BCUT2D eigenvalue weighted by Gasteiger charge is 2.27. The van der Waals surface area contributed by atoms with Crippen molar-refractivity contribution in [1.29, 1.82) is 0 Å². The molecule has 0 bridgehead atoms. The van der Waals surface area contributed by atoms with Gasteiger partial charge in [-0.2, -0.15) is 13.2 Å². The van der Waals surface area contributed by atoms with Crippen LogP contribution in [0.4, 0.5) is 13.2 Å². The number of hydrogen-bond donors (Lipinski definition) is 2. The lowest BCUT2D eigenvalue weighted by Gasteiger charge is -2.11. The second-order valence-corrected chi connectivity index (χ2v) is 3.44. The van der Waals surface area contributed by atoms with E-state index in [0.717, 1.165) is 0 Å². The fourth-order valence-corrected chi connectivity index (χ4v) is 1.06. The van der Waals surface area contributed by atoms with Gasteiger partial charge in [0.2, 0.25) is 0 Å². The van der Waals surface area contributed by atoms with Crippen molar-refractivity contribution in [3.63, 3.8) is 0 Å². The number of nitrogens with one attached hydrogen (secondary N) is 2. The molecule has 9 heteroatoms. The number of methoxy groups -OCH3 is 1. The fraction of sp³-hybridized carbons (Fsp3) is 0.900. The molecule has 0 aromatic carbocycles. The summed E-state index contributed by atoms with van der Waals surface area (Å²) in [6.45, 7) is 0.510. The lowest BCUT2D eigenvalue weighted by Crippen LogP contribution is -2.39. The van der Waals surface area contributed by atoms with Crippen LogP contribution in [0, 0.1) is 0 Å². The summed E-state index contributed by atoms with van der Waals surface area (Å²) in [5.41, 5.74) is 0. The number of aliphatic imine (C=N–C) groups is 1. The molecule has 0 saturated heterocycles. The van der Waals surface area contributed by atoms with Gasteiger partial charge in [-0.05, 0) is 6.42 Å². The Morgan fingerprint density at radius 3 is 2.32 bits per heavy atom. The normalized spacial score (nSPS) is 11.9. The molecule has 0 heterocycles. The van der Waals surface area contributed by atoms with E-state index in [-0.39, 0.29) is 30.6 Å². The molecule has 0 aliphatic heterocycles. The SMILES string of the molecule is CN=C(NCCCOCC(F)(F)F)NCCOC.I. The molecule has 5 nitrogen and oxygen atoms in total. The number of hydrogen-bond acceptors (Lipinski definition) is 3. The molecule has 0 amide bonds. The third kappa shape index (κ3) is 15.7. The second-order valence-electron chi connectivity index (χ2n) is 3.44. The molecule has 0 aliphatic carbocycles. The average Bonchev–Trinajstić information content (AvgIpc) is 2.30. The van der Waals surface area contributed by atoms with Crippen LogP contribution in [0.2, 0.25) is 0 Å². The standard InChI is InChI=1S/C10H20F3N3O2.HI/c1-14-9(16-5-7-17-2)15-4-3-6-18-8-10(11,12)13;/h3-8H2,1-2H3,(H2,14,15,16);1H. The summed E-state index contributed by atoms with van der Waals surface area (Å²) in [5.74, 6) is 0.586. The molecule has 0 aromatic heterocycles. The molecule has 0 radical (unpaired) electrons. The van der Waals surface area contributed by atoms with Crippen LogP contribution >= 0.6 is 24.0 Å². The van der Waals surface area contributed by atoms with Gasteiger partial charge in [-0.25, -0.2) is 0 Å². The van der Waals surface area contributed by atoms with E-state index in [1.165, 1.54) is 0 Å². The van der Waals surface area contributed by atoms with Crippen LogP contribution in [0.15, 0.2) is 4.99 Å². The van der Waals surface area contributed by atoms with Crippen LogP contribution in [0.1, 0.15) is 6.42 Å². The van der Waals surface area contributed by atoms with Gasteiger partial charge in [0.25, 0.3) is 0 Å². The van der Waals surface area contributed by atoms with Crippen molar-refractivity contribution >= 4 is 29.9 Å². The molecule has 0 rings (SSSR count). The Bertz CT molecular complexity index is 241. The van der Waals surface area contributed by atoms with Crippen molar-refractivity contribution in [3.8, 4) is 0 Å². The predicted molar refractivity (Wildman–Crippen MR) is 78.1 cm³/mol. The van der Waals surface area contributed by atoms with E-state index in [4.69, 9.17) is 4.74 Å². The van der Waals surface area contributed by atoms with Gasteiger partial charge in [0.05, 0.1) is 6.61 Å². The largest absolute Gasteiger partial charge is 0.411 e. The smallest absolute Gasteiger partial charge is 0.383 e. The zero-order valence-electron chi connectivity index (χ0n) is 11.0. The van der Waals surface area contributed by atoms with Crippen molar-refractivity contribution in [2.24, 2.45) is 4.99 Å². The Labute approximate surface area is 128 Å². The Kier molecular flexibility index (Phi) is 14.1. The summed E-state index contributed by atoms with van der Waals surface area (Å²) in [4.78, 5) is 3.93. The van der Waals surface area contributed by atoms with Crippen molar-refractivity contribution in [3.05, 3.63) is 0 Å². The number of nitrogens with zero attached hydrogens (tertiary/aromatic N) is 1. The predicted octanol–water partition coefficient (Wildman–Crippen LogP) is 1.38. The molecule has 19 heavy (non-hydrogen) atoms. The maximum atomic E-state index is 11.7. The highest BCUT2D eigenvalue weighted by molar-refractivity contribution is 14.0. The van der Waals surface area contributed by atoms with Gasteiger partial charge in [0.15, 0.2) is 5.96 Å².